The molecule has 1 saturated heterocycles. The SMILES string of the molecule is O=C(c1ccc2ccccc2n1)N1CCc2cnc(N3CCOCC3)nc2C1. The number of carbonyl (C=O) groups excluding carboxylic acids is 1. The van der Waals surface area contributed by atoms with Crippen molar-refractivity contribution in [3.63, 3.8) is 0 Å². The smallest absolute Gasteiger partial charge is 0.272 e. The highest BCUT2D eigenvalue weighted by molar-refractivity contribution is 5.95. The van der Waals surface area contributed by atoms with Crippen molar-refractivity contribution in [2.75, 3.05) is 37.7 Å². The first-order chi connectivity index (χ1) is 13.8. The number of hydrogen-bond acceptors (Lipinski definition) is 6. The average Bonchev–Trinajstić information content (AvgIpc) is 2.78. The van der Waals surface area contributed by atoms with Crippen molar-refractivity contribution in [3.05, 3.63) is 59.5 Å². The van der Waals surface area contributed by atoms with Gasteiger partial charge in [0.2, 0.25) is 5.95 Å². The molecule has 3 aromatic rings. The van der Waals surface area contributed by atoms with Gasteiger partial charge < -0.3 is 14.5 Å². The number of anilines is 1. The minimum atomic E-state index is -0.0528. The van der Waals surface area contributed by atoms with Crippen LogP contribution in [-0.2, 0) is 17.7 Å². The van der Waals surface area contributed by atoms with Gasteiger partial charge in [0.15, 0.2) is 0 Å². The zero-order valence-corrected chi connectivity index (χ0v) is 15.5. The summed E-state index contributed by atoms with van der Waals surface area (Å²) < 4.78 is 5.40. The normalized spacial score (nSPS) is 16.9. The fraction of sp³-hybridized carbons (Fsp3) is 0.333. The third kappa shape index (κ3) is 3.18. The van der Waals surface area contributed by atoms with Gasteiger partial charge in [-0.05, 0) is 24.1 Å². The molecule has 2 aliphatic heterocycles. The van der Waals surface area contributed by atoms with Crippen LogP contribution in [0.15, 0.2) is 42.6 Å². The first kappa shape index (κ1) is 17.1. The number of ether oxygens (including phenoxy) is 1. The highest BCUT2D eigenvalue weighted by Gasteiger charge is 2.25. The lowest BCUT2D eigenvalue weighted by Gasteiger charge is -2.30. The molecule has 0 radical (unpaired) electrons. The molecule has 28 heavy (non-hydrogen) atoms. The Hall–Kier alpha value is -3.06. The molecule has 0 N–H and O–H groups in total. The number of pyridine rings is 1. The number of hydrogen-bond donors (Lipinski definition) is 0. The fourth-order valence-electron chi connectivity index (χ4n) is 3.73. The fourth-order valence-corrected chi connectivity index (χ4v) is 3.73. The molecular formula is C21H21N5O2. The largest absolute Gasteiger partial charge is 0.378 e. The van der Waals surface area contributed by atoms with E-state index in [1.54, 1.807) is 6.07 Å². The van der Waals surface area contributed by atoms with E-state index in [2.05, 4.69) is 14.9 Å². The zero-order valence-electron chi connectivity index (χ0n) is 15.5. The van der Waals surface area contributed by atoms with Gasteiger partial charge in [-0.3, -0.25) is 4.79 Å². The van der Waals surface area contributed by atoms with Crippen molar-refractivity contribution in [1.29, 1.82) is 0 Å². The minimum Gasteiger partial charge on any atom is -0.378 e. The molecule has 0 bridgehead atoms. The second-order valence-electron chi connectivity index (χ2n) is 7.11. The van der Waals surface area contributed by atoms with E-state index in [1.807, 2.05) is 41.4 Å². The van der Waals surface area contributed by atoms with Crippen LogP contribution in [-0.4, -0.2) is 58.6 Å². The summed E-state index contributed by atoms with van der Waals surface area (Å²) in [6, 6.07) is 11.6. The van der Waals surface area contributed by atoms with Crippen LogP contribution in [0.3, 0.4) is 0 Å². The molecule has 0 spiro atoms. The van der Waals surface area contributed by atoms with Crippen LogP contribution in [0.4, 0.5) is 5.95 Å². The molecule has 142 valence electrons. The second-order valence-corrected chi connectivity index (χ2v) is 7.11. The summed E-state index contributed by atoms with van der Waals surface area (Å²) in [7, 11) is 0. The number of aromatic nitrogens is 3. The van der Waals surface area contributed by atoms with Crippen LogP contribution in [0.5, 0.6) is 0 Å². The molecule has 0 saturated carbocycles. The molecule has 4 heterocycles. The van der Waals surface area contributed by atoms with Crippen molar-refractivity contribution in [2.24, 2.45) is 0 Å². The predicted molar refractivity (Wildman–Crippen MR) is 105 cm³/mol. The Bertz CT molecular complexity index is 1030. The van der Waals surface area contributed by atoms with Gasteiger partial charge >= 0.3 is 0 Å². The van der Waals surface area contributed by atoms with Crippen molar-refractivity contribution in [1.82, 2.24) is 19.9 Å². The number of para-hydroxylation sites is 1. The number of benzene rings is 1. The topological polar surface area (TPSA) is 71.5 Å². The van der Waals surface area contributed by atoms with Crippen LogP contribution < -0.4 is 4.90 Å². The highest BCUT2D eigenvalue weighted by atomic mass is 16.5. The van der Waals surface area contributed by atoms with E-state index in [9.17, 15) is 4.79 Å². The van der Waals surface area contributed by atoms with E-state index in [-0.39, 0.29) is 5.91 Å². The Kier molecular flexibility index (Phi) is 4.37. The van der Waals surface area contributed by atoms with Gasteiger partial charge in [0.05, 0.1) is 31.0 Å². The summed E-state index contributed by atoms with van der Waals surface area (Å²) in [5.41, 5.74) is 3.36. The van der Waals surface area contributed by atoms with Gasteiger partial charge in [-0.1, -0.05) is 24.3 Å². The molecule has 2 aliphatic rings. The number of morpholine rings is 1. The maximum absolute atomic E-state index is 13.0. The molecule has 2 aromatic heterocycles. The monoisotopic (exact) mass is 375 g/mol. The highest BCUT2D eigenvalue weighted by Crippen LogP contribution is 2.21. The maximum atomic E-state index is 13.0. The van der Waals surface area contributed by atoms with Crippen molar-refractivity contribution < 1.29 is 9.53 Å². The third-order valence-electron chi connectivity index (χ3n) is 5.33. The second kappa shape index (κ2) is 7.16. The van der Waals surface area contributed by atoms with Crippen LogP contribution in [0, 0.1) is 0 Å². The first-order valence-electron chi connectivity index (χ1n) is 9.60. The summed E-state index contributed by atoms with van der Waals surface area (Å²) in [5.74, 6) is 0.670. The van der Waals surface area contributed by atoms with Crippen LogP contribution in [0.25, 0.3) is 10.9 Å². The number of nitrogens with zero attached hydrogens (tertiary/aromatic N) is 5. The van der Waals surface area contributed by atoms with Gasteiger partial charge in [-0.25, -0.2) is 15.0 Å². The molecule has 5 rings (SSSR count). The van der Waals surface area contributed by atoms with E-state index >= 15 is 0 Å². The van der Waals surface area contributed by atoms with E-state index in [0.29, 0.717) is 32.0 Å². The molecule has 7 heteroatoms. The summed E-state index contributed by atoms with van der Waals surface area (Å²) in [4.78, 5) is 30.8. The Morgan fingerprint density at radius 1 is 1.00 bits per heavy atom. The number of carbonyl (C=O) groups is 1. The van der Waals surface area contributed by atoms with E-state index in [1.165, 1.54) is 0 Å². The van der Waals surface area contributed by atoms with Crippen LogP contribution in [0.1, 0.15) is 21.7 Å². The molecule has 0 atom stereocenters. The molecule has 1 aromatic carbocycles. The van der Waals surface area contributed by atoms with Crippen molar-refractivity contribution in [2.45, 2.75) is 13.0 Å². The lowest BCUT2D eigenvalue weighted by atomic mass is 10.1. The molecular weight excluding hydrogens is 354 g/mol. The van der Waals surface area contributed by atoms with E-state index in [0.717, 1.165) is 47.6 Å². The molecule has 0 aliphatic carbocycles. The van der Waals surface area contributed by atoms with Gasteiger partial charge in [0.25, 0.3) is 5.91 Å². The van der Waals surface area contributed by atoms with Gasteiger partial charge in [-0.2, -0.15) is 0 Å². The van der Waals surface area contributed by atoms with Gasteiger partial charge in [0, 0.05) is 31.2 Å². The van der Waals surface area contributed by atoms with Crippen molar-refractivity contribution in [3.8, 4) is 0 Å². The van der Waals surface area contributed by atoms with E-state index in [4.69, 9.17) is 9.72 Å². The maximum Gasteiger partial charge on any atom is 0.272 e. The van der Waals surface area contributed by atoms with Gasteiger partial charge in [-0.15, -0.1) is 0 Å². The predicted octanol–water partition coefficient (Wildman–Crippen LogP) is 2.06. The van der Waals surface area contributed by atoms with Crippen LogP contribution in [0.2, 0.25) is 0 Å². The average molecular weight is 375 g/mol. The Balaban J connectivity index is 1.38. The first-order valence-corrected chi connectivity index (χ1v) is 9.60. The van der Waals surface area contributed by atoms with Gasteiger partial charge in [0.1, 0.15) is 5.69 Å². The molecule has 1 amide bonds. The molecule has 1 fully saturated rings. The quantitative estimate of drug-likeness (QED) is 0.683. The Morgan fingerprint density at radius 2 is 1.86 bits per heavy atom. The molecule has 7 nitrogen and oxygen atoms in total. The number of amides is 1. The summed E-state index contributed by atoms with van der Waals surface area (Å²) >= 11 is 0. The minimum absolute atomic E-state index is 0.0528. The lowest BCUT2D eigenvalue weighted by Crippen LogP contribution is -2.39. The van der Waals surface area contributed by atoms with Crippen LogP contribution >= 0.6 is 0 Å². The van der Waals surface area contributed by atoms with E-state index < -0.39 is 0 Å². The Morgan fingerprint density at radius 3 is 2.75 bits per heavy atom. The third-order valence-corrected chi connectivity index (χ3v) is 5.33. The lowest BCUT2D eigenvalue weighted by molar-refractivity contribution is 0.0726. The summed E-state index contributed by atoms with van der Waals surface area (Å²) in [6.07, 6.45) is 2.67. The van der Waals surface area contributed by atoms with Crippen molar-refractivity contribution >= 4 is 22.8 Å². The zero-order chi connectivity index (χ0) is 18.9. The number of fused-ring (bicyclic) bond motifs is 2. The summed E-state index contributed by atoms with van der Waals surface area (Å²) in [5, 5.41) is 1.03. The standard InChI is InChI=1S/C21H21N5O2/c27-20(18-6-5-15-3-1-2-4-17(15)23-18)26-8-7-16-13-22-21(24-19(16)14-26)25-9-11-28-12-10-25/h1-6,13H,7-12,14H2. The summed E-state index contributed by atoms with van der Waals surface area (Å²) in [6.45, 7) is 4.12. The number of rotatable bonds is 2. The Labute approximate surface area is 163 Å². The molecule has 0 unspecified atom stereocenters.